The summed E-state index contributed by atoms with van der Waals surface area (Å²) in [6, 6.07) is 5.64. The molecule has 0 radical (unpaired) electrons. The van der Waals surface area contributed by atoms with E-state index in [1.54, 1.807) is 0 Å². The number of β-amino-alcohol motifs (C(OH)–C–C–N with tert-alkyl or cyclic N) is 1. The molecular formula is C17H27NO4. The average molecular weight is 309 g/mol. The summed E-state index contributed by atoms with van der Waals surface area (Å²) in [5.41, 5.74) is 2.00. The molecule has 0 saturated heterocycles. The molecule has 124 valence electrons. The second kappa shape index (κ2) is 6.96. The van der Waals surface area contributed by atoms with E-state index in [0.29, 0.717) is 25.1 Å². The van der Waals surface area contributed by atoms with Gasteiger partial charge in [0, 0.05) is 24.9 Å². The molecule has 0 bridgehead atoms. The minimum Gasteiger partial charge on any atom is -0.491 e. The lowest BCUT2D eigenvalue weighted by Gasteiger charge is -2.26. The maximum absolute atomic E-state index is 9.93. The van der Waals surface area contributed by atoms with Crippen LogP contribution in [0, 0.1) is 0 Å². The molecule has 1 aromatic carbocycles. The Balaban J connectivity index is 1.88. The number of aliphatic hydroxyl groups is 3. The third kappa shape index (κ3) is 4.95. The van der Waals surface area contributed by atoms with Crippen molar-refractivity contribution in [1.82, 2.24) is 5.32 Å². The Morgan fingerprint density at radius 1 is 1.18 bits per heavy atom. The van der Waals surface area contributed by atoms with Crippen molar-refractivity contribution in [2.75, 3.05) is 13.2 Å². The third-order valence-corrected chi connectivity index (χ3v) is 3.79. The molecular weight excluding hydrogens is 282 g/mol. The van der Waals surface area contributed by atoms with Crippen molar-refractivity contribution in [3.05, 3.63) is 29.3 Å². The van der Waals surface area contributed by atoms with E-state index in [1.165, 1.54) is 0 Å². The van der Waals surface area contributed by atoms with Gasteiger partial charge in [-0.3, -0.25) is 0 Å². The lowest BCUT2D eigenvalue weighted by molar-refractivity contribution is 0.0140. The van der Waals surface area contributed by atoms with Crippen LogP contribution in [-0.4, -0.2) is 52.3 Å². The second-order valence-electron chi connectivity index (χ2n) is 7.07. The highest BCUT2D eigenvalue weighted by Crippen LogP contribution is 2.26. The van der Waals surface area contributed by atoms with Gasteiger partial charge in [-0.1, -0.05) is 6.07 Å². The monoisotopic (exact) mass is 309 g/mol. The average Bonchev–Trinajstić information content (AvgIpc) is 2.43. The summed E-state index contributed by atoms with van der Waals surface area (Å²) < 4.78 is 5.63. The van der Waals surface area contributed by atoms with Crippen molar-refractivity contribution >= 4 is 0 Å². The molecule has 0 heterocycles. The van der Waals surface area contributed by atoms with Crippen molar-refractivity contribution in [3.63, 3.8) is 0 Å². The van der Waals surface area contributed by atoms with Crippen LogP contribution in [0.3, 0.4) is 0 Å². The summed E-state index contributed by atoms with van der Waals surface area (Å²) in [6.45, 7) is 6.82. The second-order valence-corrected chi connectivity index (χ2v) is 7.07. The molecule has 1 aromatic rings. The highest BCUT2D eigenvalue weighted by atomic mass is 16.5. The number of aliphatic hydroxyl groups excluding tert-OH is 3. The lowest BCUT2D eigenvalue weighted by Crippen LogP contribution is -2.42. The first-order valence-electron chi connectivity index (χ1n) is 7.78. The summed E-state index contributed by atoms with van der Waals surface area (Å²) in [6.07, 6.45) is -1.09. The zero-order chi connectivity index (χ0) is 16.3. The molecule has 0 fully saturated rings. The van der Waals surface area contributed by atoms with Crippen LogP contribution >= 0.6 is 0 Å². The van der Waals surface area contributed by atoms with Crippen LogP contribution in [0.4, 0.5) is 0 Å². The first-order chi connectivity index (χ1) is 10.2. The Morgan fingerprint density at radius 2 is 1.82 bits per heavy atom. The molecule has 3 atom stereocenters. The highest BCUT2D eigenvalue weighted by molar-refractivity contribution is 5.38. The van der Waals surface area contributed by atoms with Crippen molar-refractivity contribution in [1.29, 1.82) is 0 Å². The minimum atomic E-state index is -0.718. The Morgan fingerprint density at radius 3 is 2.45 bits per heavy atom. The maximum Gasteiger partial charge on any atom is 0.119 e. The van der Waals surface area contributed by atoms with Crippen LogP contribution in [-0.2, 0) is 12.8 Å². The van der Waals surface area contributed by atoms with Crippen LogP contribution in [0.1, 0.15) is 31.9 Å². The van der Waals surface area contributed by atoms with Gasteiger partial charge < -0.3 is 25.4 Å². The number of nitrogens with one attached hydrogen (secondary N) is 1. The fourth-order valence-corrected chi connectivity index (χ4v) is 2.48. The highest BCUT2D eigenvalue weighted by Gasteiger charge is 2.25. The summed E-state index contributed by atoms with van der Waals surface area (Å²) in [5.74, 6) is 0.678. The molecule has 2 rings (SSSR count). The van der Waals surface area contributed by atoms with Crippen molar-refractivity contribution in [2.45, 2.75) is 57.5 Å². The molecule has 5 heteroatoms. The first-order valence-corrected chi connectivity index (χ1v) is 7.78. The van der Waals surface area contributed by atoms with Gasteiger partial charge >= 0.3 is 0 Å². The molecule has 22 heavy (non-hydrogen) atoms. The van der Waals surface area contributed by atoms with Gasteiger partial charge in [0.05, 0.1) is 12.2 Å². The predicted octanol–water partition coefficient (Wildman–Crippen LogP) is 0.635. The van der Waals surface area contributed by atoms with Crippen molar-refractivity contribution in [3.8, 4) is 5.75 Å². The van der Waals surface area contributed by atoms with Gasteiger partial charge in [-0.25, -0.2) is 0 Å². The molecule has 0 aromatic heterocycles. The maximum atomic E-state index is 9.93. The SMILES string of the molecule is CC(C)(C)NC[C@H](O)COc1ccc2c(c1)C[C@@H](O)[C@H](O)C2. The summed E-state index contributed by atoms with van der Waals surface area (Å²) in [7, 11) is 0. The zero-order valence-corrected chi connectivity index (χ0v) is 13.5. The summed E-state index contributed by atoms with van der Waals surface area (Å²) in [5, 5.41) is 32.6. The molecule has 4 N–H and O–H groups in total. The van der Waals surface area contributed by atoms with E-state index in [-0.39, 0.29) is 12.1 Å². The van der Waals surface area contributed by atoms with Gasteiger partial charge in [-0.2, -0.15) is 0 Å². The molecule has 1 aliphatic carbocycles. The smallest absolute Gasteiger partial charge is 0.119 e. The van der Waals surface area contributed by atoms with E-state index in [2.05, 4.69) is 5.32 Å². The number of fused-ring (bicyclic) bond motifs is 1. The van der Waals surface area contributed by atoms with E-state index in [1.807, 2.05) is 39.0 Å². The van der Waals surface area contributed by atoms with Crippen LogP contribution < -0.4 is 10.1 Å². The lowest BCUT2D eigenvalue weighted by atomic mass is 9.88. The number of rotatable bonds is 5. The Kier molecular flexibility index (Phi) is 5.45. The Bertz CT molecular complexity index is 498. The van der Waals surface area contributed by atoms with Crippen LogP contribution in [0.5, 0.6) is 5.75 Å². The molecule has 0 spiro atoms. The molecule has 5 nitrogen and oxygen atoms in total. The van der Waals surface area contributed by atoms with E-state index in [0.717, 1.165) is 11.1 Å². The van der Waals surface area contributed by atoms with Crippen LogP contribution in [0.2, 0.25) is 0 Å². The van der Waals surface area contributed by atoms with Gasteiger partial charge in [-0.05, 0) is 44.0 Å². The van der Waals surface area contributed by atoms with E-state index >= 15 is 0 Å². The van der Waals surface area contributed by atoms with Crippen LogP contribution in [0.15, 0.2) is 18.2 Å². The Hall–Kier alpha value is -1.14. The van der Waals surface area contributed by atoms with E-state index in [4.69, 9.17) is 4.74 Å². The van der Waals surface area contributed by atoms with E-state index in [9.17, 15) is 15.3 Å². The molecule has 0 saturated carbocycles. The Labute approximate surface area is 131 Å². The number of ether oxygens (including phenoxy) is 1. The molecule has 0 unspecified atom stereocenters. The van der Waals surface area contributed by atoms with Crippen molar-refractivity contribution in [2.24, 2.45) is 0 Å². The standard InChI is InChI=1S/C17H27NO4/c1-17(2,3)18-9-13(19)10-22-14-5-4-11-7-15(20)16(21)8-12(11)6-14/h4-6,13,15-16,18-21H,7-10H2,1-3H3/t13-,15+,16+/m0/s1. The molecule has 1 aliphatic rings. The number of hydrogen-bond donors (Lipinski definition) is 4. The van der Waals surface area contributed by atoms with E-state index < -0.39 is 18.3 Å². The van der Waals surface area contributed by atoms with Gasteiger partial charge in [0.2, 0.25) is 0 Å². The normalized spacial score (nSPS) is 23.0. The quantitative estimate of drug-likeness (QED) is 0.641. The predicted molar refractivity (Wildman–Crippen MR) is 85.1 cm³/mol. The topological polar surface area (TPSA) is 82.0 Å². The van der Waals surface area contributed by atoms with Crippen molar-refractivity contribution < 1.29 is 20.1 Å². The minimum absolute atomic E-state index is 0.0379. The first kappa shape index (κ1) is 17.2. The van der Waals surface area contributed by atoms with Crippen LogP contribution in [0.25, 0.3) is 0 Å². The fourth-order valence-electron chi connectivity index (χ4n) is 2.48. The summed E-state index contributed by atoms with van der Waals surface area (Å²) in [4.78, 5) is 0. The van der Waals surface area contributed by atoms with Gasteiger partial charge in [0.1, 0.15) is 18.5 Å². The largest absolute Gasteiger partial charge is 0.491 e. The summed E-state index contributed by atoms with van der Waals surface area (Å²) >= 11 is 0. The molecule has 0 aliphatic heterocycles. The van der Waals surface area contributed by atoms with Gasteiger partial charge in [-0.15, -0.1) is 0 Å². The molecule has 0 amide bonds. The number of benzene rings is 1. The zero-order valence-electron chi connectivity index (χ0n) is 13.5. The third-order valence-electron chi connectivity index (χ3n) is 3.79. The number of hydrogen-bond acceptors (Lipinski definition) is 5. The van der Waals surface area contributed by atoms with Gasteiger partial charge in [0.15, 0.2) is 0 Å². The fraction of sp³-hybridized carbons (Fsp3) is 0.647. The van der Waals surface area contributed by atoms with Gasteiger partial charge in [0.25, 0.3) is 0 Å².